The average molecular weight is 367 g/mol. The lowest BCUT2D eigenvalue weighted by Crippen LogP contribution is -2.07. The molecule has 2 N–H and O–H groups in total. The van der Waals surface area contributed by atoms with Crippen LogP contribution in [0.1, 0.15) is 65.9 Å². The van der Waals surface area contributed by atoms with Crippen LogP contribution in [0.25, 0.3) is 0 Å². The minimum Gasteiger partial charge on any atom is -0.378 e. The maximum atomic E-state index is 10.5. The van der Waals surface area contributed by atoms with Gasteiger partial charge in [-0.2, -0.15) is 4.99 Å². The summed E-state index contributed by atoms with van der Waals surface area (Å²) in [5.74, 6) is -0.118. The molecule has 0 spiro atoms. The minimum atomic E-state index is -0.118. The zero-order valence-corrected chi connectivity index (χ0v) is 17.1. The molecule has 2 rings (SSSR count). The van der Waals surface area contributed by atoms with Crippen molar-refractivity contribution >= 4 is 22.8 Å². The number of nitrogens with two attached hydrogens (primary N) is 1. The highest BCUT2D eigenvalue weighted by atomic mass is 32.2. The van der Waals surface area contributed by atoms with Gasteiger partial charge in [-0.1, -0.05) is 82.1 Å². The topological polar surface area (TPSA) is 64.7 Å². The summed E-state index contributed by atoms with van der Waals surface area (Å²) in [4.78, 5) is 14.0. The Morgan fingerprint density at radius 2 is 1.88 bits per heavy atom. The number of nitrogens with zero attached hydrogens (tertiary/aromatic N) is 1. The molecule has 1 aliphatic heterocycles. The number of carbonyl (C=O) groups excluding carboxylic acids is 1. The van der Waals surface area contributed by atoms with Crippen molar-refractivity contribution in [3.63, 3.8) is 0 Å². The van der Waals surface area contributed by atoms with Crippen LogP contribution >= 0.6 is 11.8 Å². The third-order valence-electron chi connectivity index (χ3n) is 3.46. The Kier molecular flexibility index (Phi) is 14.2. The van der Waals surface area contributed by atoms with E-state index in [9.17, 15) is 4.79 Å². The van der Waals surface area contributed by atoms with E-state index in [-0.39, 0.29) is 11.2 Å². The molecule has 2 unspecified atom stereocenters. The summed E-state index contributed by atoms with van der Waals surface area (Å²) in [5.41, 5.74) is 6.47. The molecule has 2 atom stereocenters. The Morgan fingerprint density at radius 3 is 2.32 bits per heavy atom. The maximum Gasteiger partial charge on any atom is 0.261 e. The first-order valence-electron chi connectivity index (χ1n) is 9.23. The standard InChI is InChI=1S/C14H22O.C4H6N2OS.C2H6/c1-3-4-6-9-13(2)15-12-14-10-7-5-8-11-14;1-2-3(7)6-4(5)8-2;1-2/h5,7-8,10-11,13H,3-4,6,9,12H2,1-2H3;2H,1H3,(H2,5,6,7);1-2H3. The lowest BCUT2D eigenvalue weighted by Gasteiger charge is -2.12. The molecule has 0 bridgehead atoms. The van der Waals surface area contributed by atoms with Gasteiger partial charge in [0.15, 0.2) is 5.17 Å². The zero-order valence-electron chi connectivity index (χ0n) is 16.3. The van der Waals surface area contributed by atoms with Crippen LogP contribution in [0.5, 0.6) is 0 Å². The van der Waals surface area contributed by atoms with Crippen molar-refractivity contribution in [1.82, 2.24) is 0 Å². The molecule has 0 aromatic heterocycles. The molecular formula is C20H34N2O2S. The second kappa shape index (κ2) is 15.0. The quantitative estimate of drug-likeness (QED) is 0.677. The van der Waals surface area contributed by atoms with Gasteiger partial charge in [0, 0.05) is 0 Å². The number of carbonyl (C=O) groups is 1. The van der Waals surface area contributed by atoms with Crippen molar-refractivity contribution in [1.29, 1.82) is 0 Å². The van der Waals surface area contributed by atoms with Crippen LogP contribution in [0.2, 0.25) is 0 Å². The van der Waals surface area contributed by atoms with Gasteiger partial charge < -0.3 is 10.5 Å². The molecule has 0 saturated heterocycles. The molecule has 142 valence electrons. The van der Waals surface area contributed by atoms with E-state index >= 15 is 0 Å². The molecule has 1 heterocycles. The molecule has 1 aliphatic rings. The predicted molar refractivity (Wildman–Crippen MR) is 110 cm³/mol. The highest BCUT2D eigenvalue weighted by molar-refractivity contribution is 8.15. The van der Waals surface area contributed by atoms with Gasteiger partial charge in [-0.15, -0.1) is 0 Å². The number of rotatable bonds is 7. The summed E-state index contributed by atoms with van der Waals surface area (Å²) in [6.07, 6.45) is 5.45. The second-order valence-electron chi connectivity index (χ2n) is 5.65. The molecule has 5 heteroatoms. The third-order valence-corrected chi connectivity index (χ3v) is 4.35. The van der Waals surface area contributed by atoms with Crippen molar-refractivity contribution in [2.24, 2.45) is 10.7 Å². The number of amides is 1. The number of ether oxygens (including phenoxy) is 1. The van der Waals surface area contributed by atoms with Crippen molar-refractivity contribution in [2.45, 2.75) is 78.3 Å². The predicted octanol–water partition coefficient (Wildman–Crippen LogP) is 5.16. The van der Waals surface area contributed by atoms with Gasteiger partial charge in [0.2, 0.25) is 0 Å². The van der Waals surface area contributed by atoms with E-state index < -0.39 is 0 Å². The second-order valence-corrected chi connectivity index (χ2v) is 7.01. The Hall–Kier alpha value is -1.33. The highest BCUT2D eigenvalue weighted by Crippen LogP contribution is 2.17. The van der Waals surface area contributed by atoms with Crippen molar-refractivity contribution < 1.29 is 9.53 Å². The summed E-state index contributed by atoms with van der Waals surface area (Å²) in [7, 11) is 0. The van der Waals surface area contributed by atoms with E-state index in [1.165, 1.54) is 43.0 Å². The van der Waals surface area contributed by atoms with Crippen LogP contribution in [0.3, 0.4) is 0 Å². The fourth-order valence-electron chi connectivity index (χ4n) is 2.04. The highest BCUT2D eigenvalue weighted by Gasteiger charge is 2.21. The summed E-state index contributed by atoms with van der Waals surface area (Å²) < 4.78 is 5.77. The van der Waals surface area contributed by atoms with Gasteiger partial charge in [-0.25, -0.2) is 0 Å². The Morgan fingerprint density at radius 1 is 1.24 bits per heavy atom. The number of benzene rings is 1. The first-order valence-corrected chi connectivity index (χ1v) is 10.1. The number of hydrogen-bond donors (Lipinski definition) is 1. The number of unbranched alkanes of at least 4 members (excludes halogenated alkanes) is 2. The molecule has 1 aromatic carbocycles. The van der Waals surface area contributed by atoms with Gasteiger partial charge in [0.1, 0.15) is 0 Å². The molecule has 1 amide bonds. The number of hydrogen-bond acceptors (Lipinski definition) is 4. The Bertz CT molecular complexity index is 492. The zero-order chi connectivity index (χ0) is 19.1. The van der Waals surface area contributed by atoms with Crippen LogP contribution in [-0.4, -0.2) is 22.4 Å². The number of thioether (sulfide) groups is 1. The van der Waals surface area contributed by atoms with Crippen LogP contribution in [0, 0.1) is 0 Å². The summed E-state index contributed by atoms with van der Waals surface area (Å²) in [5, 5.41) is 0.331. The molecule has 25 heavy (non-hydrogen) atoms. The molecule has 0 fully saturated rings. The minimum absolute atomic E-state index is 0.0602. The first-order chi connectivity index (χ1) is 12.0. The largest absolute Gasteiger partial charge is 0.378 e. The normalized spacial score (nSPS) is 16.9. The van der Waals surface area contributed by atoms with Gasteiger partial charge in [0.05, 0.1) is 18.0 Å². The van der Waals surface area contributed by atoms with Crippen LogP contribution in [0.4, 0.5) is 0 Å². The van der Waals surface area contributed by atoms with E-state index in [2.05, 4.69) is 43.1 Å². The van der Waals surface area contributed by atoms with E-state index in [1.807, 2.05) is 19.9 Å². The lowest BCUT2D eigenvalue weighted by atomic mass is 10.1. The molecule has 4 nitrogen and oxygen atoms in total. The van der Waals surface area contributed by atoms with Gasteiger partial charge in [-0.05, 0) is 25.8 Å². The smallest absolute Gasteiger partial charge is 0.261 e. The van der Waals surface area contributed by atoms with E-state index in [1.54, 1.807) is 6.92 Å². The fourth-order valence-corrected chi connectivity index (χ4v) is 2.69. The van der Waals surface area contributed by atoms with Crippen molar-refractivity contribution in [2.75, 3.05) is 0 Å². The van der Waals surface area contributed by atoms with Gasteiger partial charge in [-0.3, -0.25) is 4.79 Å². The van der Waals surface area contributed by atoms with E-state index in [4.69, 9.17) is 10.5 Å². The molecule has 0 radical (unpaired) electrons. The third kappa shape index (κ3) is 11.8. The molecular weight excluding hydrogens is 332 g/mol. The van der Waals surface area contributed by atoms with Gasteiger partial charge in [0.25, 0.3) is 5.91 Å². The van der Waals surface area contributed by atoms with Gasteiger partial charge >= 0.3 is 0 Å². The summed E-state index contributed by atoms with van der Waals surface area (Å²) >= 11 is 1.31. The van der Waals surface area contributed by atoms with E-state index in [0.717, 1.165) is 6.61 Å². The molecule has 0 saturated carbocycles. The summed E-state index contributed by atoms with van der Waals surface area (Å²) in [6.45, 7) is 10.9. The maximum absolute atomic E-state index is 10.5. The average Bonchev–Trinajstić information content (AvgIpc) is 2.92. The lowest BCUT2D eigenvalue weighted by molar-refractivity contribution is -0.116. The SMILES string of the molecule is CC.CC1SC(N)=NC1=O.CCCCCC(C)OCc1ccccc1. The van der Waals surface area contributed by atoms with Crippen LogP contribution in [-0.2, 0) is 16.1 Å². The number of aliphatic imine (C=N–C) groups is 1. The number of amidine groups is 1. The summed E-state index contributed by atoms with van der Waals surface area (Å²) in [6, 6.07) is 10.4. The van der Waals surface area contributed by atoms with Crippen molar-refractivity contribution in [3.8, 4) is 0 Å². The fraction of sp³-hybridized carbons (Fsp3) is 0.600. The van der Waals surface area contributed by atoms with E-state index in [0.29, 0.717) is 11.3 Å². The van der Waals surface area contributed by atoms with Crippen LogP contribution in [0.15, 0.2) is 35.3 Å². The first kappa shape index (κ1) is 23.7. The monoisotopic (exact) mass is 366 g/mol. The molecule has 1 aromatic rings. The Labute approximate surface area is 157 Å². The van der Waals surface area contributed by atoms with Crippen molar-refractivity contribution in [3.05, 3.63) is 35.9 Å². The molecule has 0 aliphatic carbocycles. The Balaban J connectivity index is 0.000000483. The van der Waals surface area contributed by atoms with Crippen LogP contribution < -0.4 is 5.73 Å².